The number of carbonyl (C=O) groups is 2. The average molecular weight is 416 g/mol. The van der Waals surface area contributed by atoms with Crippen molar-refractivity contribution in [1.29, 1.82) is 5.26 Å². The molecule has 0 saturated heterocycles. The standard InChI is InChI=1S/C24H20N2O5/c1-3-30-19-6-4-5-18(13-19)26-23(27)17(14-25)12-20-8-10-22(31-20)21-9-7-16(24(28)29)11-15(21)2/h4-13H,3H2,1-2H3,(H,26,27)(H,28,29). The SMILES string of the molecule is CCOc1cccc(NC(=O)C(C#N)=Cc2ccc(-c3ccc(C(=O)O)cc3C)o2)c1. The number of ether oxygens (including phenoxy) is 1. The Hall–Kier alpha value is -4.31. The van der Waals surface area contributed by atoms with Gasteiger partial charge in [-0.15, -0.1) is 0 Å². The fourth-order valence-corrected chi connectivity index (χ4v) is 2.97. The van der Waals surface area contributed by atoms with Gasteiger partial charge in [0, 0.05) is 23.4 Å². The molecule has 2 N–H and O–H groups in total. The highest BCUT2D eigenvalue weighted by Crippen LogP contribution is 2.27. The van der Waals surface area contributed by atoms with Gasteiger partial charge in [0.05, 0.1) is 12.2 Å². The van der Waals surface area contributed by atoms with Crippen LogP contribution in [0.3, 0.4) is 0 Å². The minimum atomic E-state index is -1.01. The second kappa shape index (κ2) is 9.46. The number of rotatable bonds is 7. The molecule has 156 valence electrons. The van der Waals surface area contributed by atoms with Gasteiger partial charge in [-0.3, -0.25) is 4.79 Å². The Kier molecular flexibility index (Phi) is 6.53. The lowest BCUT2D eigenvalue weighted by molar-refractivity contribution is -0.112. The number of hydrogen-bond donors (Lipinski definition) is 2. The summed E-state index contributed by atoms with van der Waals surface area (Å²) in [5.41, 5.74) is 2.02. The first-order chi connectivity index (χ1) is 14.9. The molecular weight excluding hydrogens is 396 g/mol. The van der Waals surface area contributed by atoms with E-state index in [0.29, 0.717) is 29.6 Å². The van der Waals surface area contributed by atoms with Gasteiger partial charge in [0.1, 0.15) is 28.9 Å². The lowest BCUT2D eigenvalue weighted by Crippen LogP contribution is -2.13. The van der Waals surface area contributed by atoms with Crippen molar-refractivity contribution in [1.82, 2.24) is 0 Å². The van der Waals surface area contributed by atoms with Crippen molar-refractivity contribution in [2.24, 2.45) is 0 Å². The van der Waals surface area contributed by atoms with Crippen LogP contribution in [0.1, 0.15) is 28.6 Å². The number of carboxylic acids is 1. The second-order valence-electron chi connectivity index (χ2n) is 6.62. The normalized spacial score (nSPS) is 10.9. The molecule has 1 heterocycles. The van der Waals surface area contributed by atoms with Crippen LogP contribution >= 0.6 is 0 Å². The summed E-state index contributed by atoms with van der Waals surface area (Å²) in [4.78, 5) is 23.6. The third-order valence-electron chi connectivity index (χ3n) is 4.42. The largest absolute Gasteiger partial charge is 0.494 e. The summed E-state index contributed by atoms with van der Waals surface area (Å²) in [6, 6.07) is 16.8. The van der Waals surface area contributed by atoms with Crippen LogP contribution in [-0.2, 0) is 4.79 Å². The van der Waals surface area contributed by atoms with Crippen molar-refractivity contribution in [3.63, 3.8) is 0 Å². The molecule has 1 amide bonds. The van der Waals surface area contributed by atoms with Crippen LogP contribution in [0, 0.1) is 18.3 Å². The molecule has 2 aromatic carbocycles. The minimum absolute atomic E-state index is 0.124. The monoisotopic (exact) mass is 416 g/mol. The van der Waals surface area contributed by atoms with E-state index in [1.165, 1.54) is 12.1 Å². The quantitative estimate of drug-likeness (QED) is 0.418. The smallest absolute Gasteiger partial charge is 0.335 e. The maximum absolute atomic E-state index is 12.5. The molecule has 0 radical (unpaired) electrons. The number of amides is 1. The molecule has 0 aliphatic carbocycles. The number of carbonyl (C=O) groups excluding carboxylic acids is 1. The van der Waals surface area contributed by atoms with Gasteiger partial charge in [0.15, 0.2) is 0 Å². The second-order valence-corrected chi connectivity index (χ2v) is 6.62. The van der Waals surface area contributed by atoms with Crippen molar-refractivity contribution in [3.8, 4) is 23.1 Å². The number of anilines is 1. The summed E-state index contributed by atoms with van der Waals surface area (Å²) in [5.74, 6) is -0.137. The summed E-state index contributed by atoms with van der Waals surface area (Å²) < 4.78 is 11.2. The lowest BCUT2D eigenvalue weighted by atomic mass is 10.0. The van der Waals surface area contributed by atoms with Crippen LogP contribution < -0.4 is 10.1 Å². The van der Waals surface area contributed by atoms with E-state index in [2.05, 4.69) is 5.32 Å². The predicted octanol–water partition coefficient (Wildman–Crippen LogP) is 4.90. The highest BCUT2D eigenvalue weighted by Gasteiger charge is 2.13. The van der Waals surface area contributed by atoms with E-state index in [-0.39, 0.29) is 11.1 Å². The number of hydrogen-bond acceptors (Lipinski definition) is 5. The van der Waals surface area contributed by atoms with Crippen LogP contribution in [0.25, 0.3) is 17.4 Å². The number of carboxylic acid groups (broad SMARTS) is 1. The van der Waals surface area contributed by atoms with Crippen molar-refractivity contribution < 1.29 is 23.8 Å². The minimum Gasteiger partial charge on any atom is -0.494 e. The zero-order chi connectivity index (χ0) is 22.4. The summed E-state index contributed by atoms with van der Waals surface area (Å²) in [7, 11) is 0. The van der Waals surface area contributed by atoms with Gasteiger partial charge in [-0.2, -0.15) is 5.26 Å². The first kappa shape index (κ1) is 21.4. The van der Waals surface area contributed by atoms with E-state index >= 15 is 0 Å². The molecule has 0 unspecified atom stereocenters. The molecule has 31 heavy (non-hydrogen) atoms. The van der Waals surface area contributed by atoms with Crippen molar-refractivity contribution in [2.75, 3.05) is 11.9 Å². The first-order valence-corrected chi connectivity index (χ1v) is 9.51. The van der Waals surface area contributed by atoms with Gasteiger partial charge >= 0.3 is 5.97 Å². The van der Waals surface area contributed by atoms with Crippen LogP contribution in [0.15, 0.2) is 64.6 Å². The Morgan fingerprint density at radius 3 is 2.68 bits per heavy atom. The van der Waals surface area contributed by atoms with E-state index in [0.717, 1.165) is 11.1 Å². The van der Waals surface area contributed by atoms with Crippen molar-refractivity contribution in [3.05, 3.63) is 77.1 Å². The van der Waals surface area contributed by atoms with Crippen LogP contribution in [0.2, 0.25) is 0 Å². The van der Waals surface area contributed by atoms with E-state index in [1.807, 2.05) is 13.0 Å². The predicted molar refractivity (Wildman–Crippen MR) is 116 cm³/mol. The van der Waals surface area contributed by atoms with Crippen molar-refractivity contribution in [2.45, 2.75) is 13.8 Å². The van der Waals surface area contributed by atoms with Gasteiger partial charge in [-0.25, -0.2) is 4.79 Å². The van der Waals surface area contributed by atoms with E-state index in [1.54, 1.807) is 55.5 Å². The molecule has 3 aromatic rings. The van der Waals surface area contributed by atoms with Crippen LogP contribution in [-0.4, -0.2) is 23.6 Å². The highest BCUT2D eigenvalue weighted by atomic mass is 16.5. The number of nitrogens with zero attached hydrogens (tertiary/aromatic N) is 1. The Bertz CT molecular complexity index is 1200. The molecule has 7 nitrogen and oxygen atoms in total. The number of aryl methyl sites for hydroxylation is 1. The molecule has 0 atom stereocenters. The van der Waals surface area contributed by atoms with Gasteiger partial charge in [-0.05, 0) is 55.8 Å². The number of nitrogens with one attached hydrogen (secondary N) is 1. The van der Waals surface area contributed by atoms with Crippen LogP contribution in [0.4, 0.5) is 5.69 Å². The number of furan rings is 1. The van der Waals surface area contributed by atoms with Gasteiger partial charge in [0.25, 0.3) is 5.91 Å². The summed E-state index contributed by atoms with van der Waals surface area (Å²) in [6.45, 7) is 4.14. The fourth-order valence-electron chi connectivity index (χ4n) is 2.97. The first-order valence-electron chi connectivity index (χ1n) is 9.51. The molecule has 0 spiro atoms. The van der Waals surface area contributed by atoms with E-state index in [9.17, 15) is 14.9 Å². The average Bonchev–Trinajstić information content (AvgIpc) is 3.20. The Morgan fingerprint density at radius 2 is 2.00 bits per heavy atom. The third kappa shape index (κ3) is 5.19. The molecule has 0 bridgehead atoms. The summed E-state index contributed by atoms with van der Waals surface area (Å²) in [6.07, 6.45) is 1.35. The molecule has 7 heteroatoms. The fraction of sp³-hybridized carbons (Fsp3) is 0.125. The molecular formula is C24H20N2O5. The van der Waals surface area contributed by atoms with Gasteiger partial charge in [-0.1, -0.05) is 12.1 Å². The lowest BCUT2D eigenvalue weighted by Gasteiger charge is -2.07. The molecule has 0 saturated carbocycles. The molecule has 0 aliphatic rings. The zero-order valence-electron chi connectivity index (χ0n) is 17.0. The molecule has 3 rings (SSSR count). The number of benzene rings is 2. The zero-order valence-corrected chi connectivity index (χ0v) is 17.0. The summed E-state index contributed by atoms with van der Waals surface area (Å²) >= 11 is 0. The Morgan fingerprint density at radius 1 is 1.19 bits per heavy atom. The Labute approximate surface area is 179 Å². The number of aromatic carboxylic acids is 1. The maximum atomic E-state index is 12.5. The van der Waals surface area contributed by atoms with E-state index < -0.39 is 11.9 Å². The highest BCUT2D eigenvalue weighted by molar-refractivity contribution is 6.09. The molecule has 1 aromatic heterocycles. The topological polar surface area (TPSA) is 113 Å². The summed E-state index contributed by atoms with van der Waals surface area (Å²) in [5, 5.41) is 21.2. The Balaban J connectivity index is 1.80. The molecule has 0 aliphatic heterocycles. The van der Waals surface area contributed by atoms with Gasteiger partial charge in [0.2, 0.25) is 0 Å². The van der Waals surface area contributed by atoms with Crippen LogP contribution in [0.5, 0.6) is 5.75 Å². The third-order valence-corrected chi connectivity index (χ3v) is 4.42. The number of nitriles is 1. The molecule has 0 fully saturated rings. The maximum Gasteiger partial charge on any atom is 0.335 e. The van der Waals surface area contributed by atoms with Gasteiger partial charge < -0.3 is 19.6 Å². The van der Waals surface area contributed by atoms with E-state index in [4.69, 9.17) is 14.3 Å². The van der Waals surface area contributed by atoms with Crippen molar-refractivity contribution >= 4 is 23.6 Å².